The van der Waals surface area contributed by atoms with Gasteiger partial charge in [0.05, 0.1) is 16.9 Å². The van der Waals surface area contributed by atoms with E-state index in [9.17, 15) is 4.79 Å². The van der Waals surface area contributed by atoms with E-state index < -0.39 is 0 Å². The molecule has 18 heavy (non-hydrogen) atoms. The average Bonchev–Trinajstić information content (AvgIpc) is 2.85. The highest BCUT2D eigenvalue weighted by Gasteiger charge is 2.12. The molecule has 0 aliphatic rings. The summed E-state index contributed by atoms with van der Waals surface area (Å²) in [6.07, 6.45) is 1.67. The van der Waals surface area contributed by atoms with Crippen LogP contribution in [0.1, 0.15) is 30.8 Å². The molecule has 1 N–H and O–H groups in total. The van der Waals surface area contributed by atoms with Gasteiger partial charge < -0.3 is 0 Å². The van der Waals surface area contributed by atoms with E-state index in [0.717, 1.165) is 21.1 Å². The molecule has 2 aromatic rings. The molecule has 0 unspecified atom stereocenters. The maximum absolute atomic E-state index is 11.8. The zero-order chi connectivity index (χ0) is 13.1. The number of nitrogens with zero attached hydrogens (tertiary/aromatic N) is 2. The number of hydrogen-bond acceptors (Lipinski definition) is 5. The second-order valence-electron chi connectivity index (χ2n) is 3.81. The molecule has 2 heterocycles. The summed E-state index contributed by atoms with van der Waals surface area (Å²) in [4.78, 5) is 17.7. The van der Waals surface area contributed by atoms with Crippen molar-refractivity contribution >= 4 is 34.8 Å². The van der Waals surface area contributed by atoms with Crippen LogP contribution < -0.4 is 5.43 Å². The highest BCUT2D eigenvalue weighted by atomic mass is 32.1. The third-order valence-corrected chi connectivity index (χ3v) is 4.38. The van der Waals surface area contributed by atoms with E-state index in [1.165, 1.54) is 11.3 Å². The molecule has 0 radical (unpaired) electrons. The van der Waals surface area contributed by atoms with Crippen LogP contribution >= 0.6 is 22.7 Å². The second-order valence-corrected chi connectivity index (χ2v) is 5.97. The van der Waals surface area contributed by atoms with E-state index in [2.05, 4.69) is 15.5 Å². The Kier molecular flexibility index (Phi) is 3.88. The fraction of sp³-hybridized carbons (Fsp3) is 0.250. The summed E-state index contributed by atoms with van der Waals surface area (Å²) in [6, 6.07) is 2.02. The Hall–Kier alpha value is -1.53. The van der Waals surface area contributed by atoms with Gasteiger partial charge in [0, 0.05) is 4.88 Å². The summed E-state index contributed by atoms with van der Waals surface area (Å²) in [5, 5.41) is 6.85. The highest BCUT2D eigenvalue weighted by Crippen LogP contribution is 2.16. The lowest BCUT2D eigenvalue weighted by Crippen LogP contribution is -2.17. The molecule has 0 spiro atoms. The van der Waals surface area contributed by atoms with Crippen molar-refractivity contribution in [3.8, 4) is 0 Å². The van der Waals surface area contributed by atoms with Crippen molar-refractivity contribution in [1.29, 1.82) is 0 Å². The third-order valence-electron chi connectivity index (χ3n) is 2.36. The van der Waals surface area contributed by atoms with Crippen LogP contribution in [0.3, 0.4) is 0 Å². The molecule has 6 heteroatoms. The van der Waals surface area contributed by atoms with Gasteiger partial charge in [-0.2, -0.15) is 5.10 Å². The number of hydrogen-bond donors (Lipinski definition) is 1. The van der Waals surface area contributed by atoms with Gasteiger partial charge in [-0.05, 0) is 37.8 Å². The van der Waals surface area contributed by atoms with Crippen molar-refractivity contribution in [2.75, 3.05) is 0 Å². The first-order valence-corrected chi connectivity index (χ1v) is 7.09. The fourth-order valence-electron chi connectivity index (χ4n) is 1.46. The van der Waals surface area contributed by atoms with Crippen LogP contribution in [0.15, 0.2) is 16.5 Å². The summed E-state index contributed by atoms with van der Waals surface area (Å²) in [5.74, 6) is -0.205. The van der Waals surface area contributed by atoms with Crippen molar-refractivity contribution in [3.05, 3.63) is 37.5 Å². The first-order valence-electron chi connectivity index (χ1n) is 5.39. The van der Waals surface area contributed by atoms with Crippen molar-refractivity contribution in [3.63, 3.8) is 0 Å². The van der Waals surface area contributed by atoms with Crippen LogP contribution in [-0.2, 0) is 0 Å². The van der Waals surface area contributed by atoms with Gasteiger partial charge in [-0.25, -0.2) is 10.4 Å². The number of amides is 1. The molecule has 4 nitrogen and oxygen atoms in total. The summed E-state index contributed by atoms with van der Waals surface area (Å²) in [7, 11) is 0. The Morgan fingerprint density at radius 2 is 2.22 bits per heavy atom. The molecule has 0 bridgehead atoms. The van der Waals surface area contributed by atoms with Gasteiger partial charge in [-0.3, -0.25) is 4.79 Å². The van der Waals surface area contributed by atoms with Crippen LogP contribution in [0, 0.1) is 20.8 Å². The van der Waals surface area contributed by atoms with E-state index in [-0.39, 0.29) is 5.91 Å². The minimum atomic E-state index is -0.205. The molecule has 0 aromatic carbocycles. The number of carbonyl (C=O) groups is 1. The minimum absolute atomic E-state index is 0.205. The van der Waals surface area contributed by atoms with Gasteiger partial charge in [0.25, 0.3) is 5.91 Å². The fourth-order valence-corrected chi connectivity index (χ4v) is 3.05. The largest absolute Gasteiger partial charge is 0.283 e. The van der Waals surface area contributed by atoms with E-state index in [4.69, 9.17) is 0 Å². The lowest BCUT2D eigenvalue weighted by Gasteiger charge is -1.96. The Morgan fingerprint density at radius 1 is 1.44 bits per heavy atom. The predicted octanol–water partition coefficient (Wildman–Crippen LogP) is 2.89. The number of rotatable bonds is 3. The zero-order valence-corrected chi connectivity index (χ0v) is 12.0. The number of aromatic nitrogens is 1. The van der Waals surface area contributed by atoms with Crippen molar-refractivity contribution in [1.82, 2.24) is 10.4 Å². The van der Waals surface area contributed by atoms with Gasteiger partial charge in [0.2, 0.25) is 0 Å². The lowest BCUT2D eigenvalue weighted by atomic mass is 10.3. The average molecular weight is 279 g/mol. The van der Waals surface area contributed by atoms with Crippen molar-refractivity contribution in [2.45, 2.75) is 20.8 Å². The molecule has 0 saturated carbocycles. The second kappa shape index (κ2) is 5.41. The van der Waals surface area contributed by atoms with E-state index in [0.29, 0.717) is 4.88 Å². The number of carbonyl (C=O) groups excluding carboxylic acids is 1. The van der Waals surface area contributed by atoms with Crippen LogP contribution in [-0.4, -0.2) is 17.1 Å². The quantitative estimate of drug-likeness (QED) is 0.694. The molecule has 0 aliphatic heterocycles. The molecule has 0 fully saturated rings. The Labute approximate surface area is 113 Å². The van der Waals surface area contributed by atoms with E-state index >= 15 is 0 Å². The van der Waals surface area contributed by atoms with Crippen LogP contribution in [0.25, 0.3) is 0 Å². The maximum Gasteiger partial charge on any atom is 0.283 e. The Balaban J connectivity index is 2.03. The minimum Gasteiger partial charge on any atom is -0.266 e. The number of thiazole rings is 1. The number of hydrazone groups is 1. The van der Waals surface area contributed by atoms with E-state index in [1.54, 1.807) is 17.6 Å². The SMILES string of the molecule is Cc1nc(C)c(C(=O)N/N=C/c2sccc2C)s1. The maximum atomic E-state index is 11.8. The molecule has 94 valence electrons. The van der Waals surface area contributed by atoms with Gasteiger partial charge in [0.1, 0.15) is 4.88 Å². The summed E-state index contributed by atoms with van der Waals surface area (Å²) >= 11 is 2.97. The zero-order valence-electron chi connectivity index (χ0n) is 10.4. The van der Waals surface area contributed by atoms with E-state index in [1.807, 2.05) is 32.2 Å². The summed E-state index contributed by atoms with van der Waals surface area (Å²) in [6.45, 7) is 5.72. The standard InChI is InChI=1S/C12H13N3OS2/c1-7-4-5-17-10(7)6-13-15-12(16)11-8(2)14-9(3)18-11/h4-6H,1-3H3,(H,15,16)/b13-6+. The third kappa shape index (κ3) is 2.83. The normalized spacial score (nSPS) is 11.1. The topological polar surface area (TPSA) is 54.4 Å². The molecule has 2 rings (SSSR count). The molecular formula is C12H13N3OS2. The van der Waals surface area contributed by atoms with Crippen molar-refractivity contribution < 1.29 is 4.79 Å². The molecule has 1 amide bonds. The smallest absolute Gasteiger partial charge is 0.266 e. The van der Waals surface area contributed by atoms with Gasteiger partial charge in [-0.1, -0.05) is 0 Å². The Morgan fingerprint density at radius 3 is 2.78 bits per heavy atom. The van der Waals surface area contributed by atoms with Crippen molar-refractivity contribution in [2.24, 2.45) is 5.10 Å². The molecular weight excluding hydrogens is 266 g/mol. The van der Waals surface area contributed by atoms with Gasteiger partial charge in [0.15, 0.2) is 0 Å². The molecule has 0 saturated heterocycles. The molecule has 2 aromatic heterocycles. The molecule has 0 atom stereocenters. The van der Waals surface area contributed by atoms with Gasteiger partial charge >= 0.3 is 0 Å². The first kappa shape index (κ1) is 12.9. The monoisotopic (exact) mass is 279 g/mol. The number of aryl methyl sites for hydroxylation is 3. The summed E-state index contributed by atoms with van der Waals surface area (Å²) < 4.78 is 0. The first-order chi connectivity index (χ1) is 8.58. The highest BCUT2D eigenvalue weighted by molar-refractivity contribution is 7.13. The van der Waals surface area contributed by atoms with Gasteiger partial charge in [-0.15, -0.1) is 22.7 Å². The molecule has 0 aliphatic carbocycles. The number of thiophene rings is 1. The number of nitrogens with one attached hydrogen (secondary N) is 1. The Bertz CT molecular complexity index is 598. The van der Waals surface area contributed by atoms with Crippen LogP contribution in [0.2, 0.25) is 0 Å². The van der Waals surface area contributed by atoms with Crippen LogP contribution in [0.5, 0.6) is 0 Å². The predicted molar refractivity (Wildman–Crippen MR) is 75.7 cm³/mol. The summed E-state index contributed by atoms with van der Waals surface area (Å²) in [5.41, 5.74) is 4.43. The van der Waals surface area contributed by atoms with Crippen LogP contribution in [0.4, 0.5) is 0 Å². The lowest BCUT2D eigenvalue weighted by molar-refractivity contribution is 0.0958.